The van der Waals surface area contributed by atoms with Crippen molar-refractivity contribution < 1.29 is 0 Å². The maximum atomic E-state index is 6.12. The highest BCUT2D eigenvalue weighted by Gasteiger charge is 2.46. The van der Waals surface area contributed by atoms with E-state index in [1.54, 1.807) is 11.3 Å². The highest BCUT2D eigenvalue weighted by atomic mass is 35.5. The van der Waals surface area contributed by atoms with Crippen LogP contribution in [0, 0.1) is 20.8 Å². The molecule has 1 fully saturated rings. The van der Waals surface area contributed by atoms with E-state index >= 15 is 0 Å². The van der Waals surface area contributed by atoms with Gasteiger partial charge in [0.15, 0.2) is 5.82 Å². The maximum Gasteiger partial charge on any atom is 0.168 e. The molecule has 7 heteroatoms. The summed E-state index contributed by atoms with van der Waals surface area (Å²) in [6, 6.07) is 7.96. The van der Waals surface area contributed by atoms with Gasteiger partial charge in [-0.15, -0.1) is 21.5 Å². The van der Waals surface area contributed by atoms with Gasteiger partial charge in [0.05, 0.1) is 5.71 Å². The lowest BCUT2D eigenvalue weighted by atomic mass is 9.91. The second-order valence-electron chi connectivity index (χ2n) is 6.97. The fraction of sp³-hybridized carbons (Fsp3) is 0.316. The topological polar surface area (TPSA) is 55.1 Å². The summed E-state index contributed by atoms with van der Waals surface area (Å²) in [7, 11) is 0. The van der Waals surface area contributed by atoms with Crippen molar-refractivity contribution in [2.24, 2.45) is 4.99 Å². The molecule has 1 aromatic carbocycles. The molecule has 2 aromatic heterocycles. The standard InChI is InChI=1S/C19H18ClN5S/c1-10-11(2)26-17-15(10)16(13-4-6-14(20)7-5-13)22-19(8-21-9-19)18-24-23-12(3)25(17)18/h4-7,21H,8-9H2,1-3H3. The van der Waals surface area contributed by atoms with Gasteiger partial charge in [-0.05, 0) is 38.5 Å². The zero-order chi connectivity index (χ0) is 18.1. The van der Waals surface area contributed by atoms with E-state index in [0.29, 0.717) is 0 Å². The minimum Gasteiger partial charge on any atom is -0.311 e. The predicted molar refractivity (Wildman–Crippen MR) is 105 cm³/mol. The Morgan fingerprint density at radius 2 is 1.85 bits per heavy atom. The van der Waals surface area contributed by atoms with Crippen LogP contribution in [-0.4, -0.2) is 33.6 Å². The number of hydrogen-bond donors (Lipinski definition) is 1. The van der Waals surface area contributed by atoms with Crippen molar-refractivity contribution in [3.8, 4) is 5.00 Å². The minimum atomic E-state index is -0.366. The van der Waals surface area contributed by atoms with E-state index in [4.69, 9.17) is 16.6 Å². The largest absolute Gasteiger partial charge is 0.311 e. The molecule has 0 amide bonds. The van der Waals surface area contributed by atoms with E-state index in [1.165, 1.54) is 16.0 Å². The van der Waals surface area contributed by atoms with Crippen LogP contribution >= 0.6 is 22.9 Å². The number of thiophene rings is 1. The van der Waals surface area contributed by atoms with Crippen molar-refractivity contribution in [2.75, 3.05) is 13.1 Å². The molecule has 4 heterocycles. The SMILES string of the molecule is Cc1sc2c(c1C)C(c1ccc(Cl)cc1)=NC1(CNC1)c1nnc(C)n1-2. The molecule has 1 spiro atoms. The molecule has 0 unspecified atom stereocenters. The second-order valence-corrected chi connectivity index (χ2v) is 8.61. The van der Waals surface area contributed by atoms with Crippen LogP contribution < -0.4 is 5.32 Å². The first-order chi connectivity index (χ1) is 12.5. The zero-order valence-corrected chi connectivity index (χ0v) is 16.4. The smallest absolute Gasteiger partial charge is 0.168 e. The second kappa shape index (κ2) is 5.49. The molecule has 2 aliphatic heterocycles. The van der Waals surface area contributed by atoms with Gasteiger partial charge in [0.2, 0.25) is 0 Å². The van der Waals surface area contributed by atoms with E-state index in [-0.39, 0.29) is 5.54 Å². The summed E-state index contributed by atoms with van der Waals surface area (Å²) in [4.78, 5) is 6.57. The summed E-state index contributed by atoms with van der Waals surface area (Å²) in [6.07, 6.45) is 0. The number of aromatic nitrogens is 3. The van der Waals surface area contributed by atoms with Crippen LogP contribution in [0.25, 0.3) is 5.00 Å². The maximum absolute atomic E-state index is 6.12. The van der Waals surface area contributed by atoms with Gasteiger partial charge in [-0.1, -0.05) is 23.7 Å². The number of halogens is 1. The molecule has 3 aromatic rings. The molecular formula is C19H18ClN5S. The van der Waals surface area contributed by atoms with Crippen LogP contribution in [0.5, 0.6) is 0 Å². The van der Waals surface area contributed by atoms with Gasteiger partial charge in [0, 0.05) is 34.1 Å². The fourth-order valence-corrected chi connectivity index (χ4v) is 5.02. The summed E-state index contributed by atoms with van der Waals surface area (Å²) < 4.78 is 2.20. The first-order valence-corrected chi connectivity index (χ1v) is 9.79. The summed E-state index contributed by atoms with van der Waals surface area (Å²) in [5.74, 6) is 1.83. The number of rotatable bonds is 1. The molecule has 5 rings (SSSR count). The average Bonchev–Trinajstić information content (AvgIpc) is 3.05. The summed E-state index contributed by atoms with van der Waals surface area (Å²) in [5, 5.41) is 14.2. The quantitative estimate of drug-likeness (QED) is 0.699. The fourth-order valence-electron chi connectivity index (χ4n) is 3.69. The van der Waals surface area contributed by atoms with Gasteiger partial charge in [-0.2, -0.15) is 0 Å². The minimum absolute atomic E-state index is 0.366. The van der Waals surface area contributed by atoms with Crippen LogP contribution in [0.4, 0.5) is 0 Å². The molecule has 132 valence electrons. The van der Waals surface area contributed by atoms with Crippen LogP contribution in [0.1, 0.15) is 33.2 Å². The lowest BCUT2D eigenvalue weighted by Gasteiger charge is -2.37. The molecule has 0 radical (unpaired) electrons. The Kier molecular flexibility index (Phi) is 3.41. The highest BCUT2D eigenvalue weighted by Crippen LogP contribution is 2.42. The molecule has 0 aliphatic carbocycles. The zero-order valence-electron chi connectivity index (χ0n) is 14.8. The third-order valence-electron chi connectivity index (χ3n) is 5.33. The van der Waals surface area contributed by atoms with E-state index < -0.39 is 0 Å². The summed E-state index contributed by atoms with van der Waals surface area (Å²) in [5.41, 5.74) is 4.18. The van der Waals surface area contributed by atoms with Crippen LogP contribution in [0.15, 0.2) is 29.3 Å². The third-order valence-corrected chi connectivity index (χ3v) is 6.77. The number of nitrogens with one attached hydrogen (secondary N) is 1. The first-order valence-electron chi connectivity index (χ1n) is 8.60. The van der Waals surface area contributed by atoms with Gasteiger partial charge >= 0.3 is 0 Å². The molecule has 0 saturated carbocycles. The molecular weight excluding hydrogens is 366 g/mol. The molecule has 5 nitrogen and oxygen atoms in total. The summed E-state index contributed by atoms with van der Waals surface area (Å²) in [6.45, 7) is 7.89. The highest BCUT2D eigenvalue weighted by molar-refractivity contribution is 7.15. The molecule has 26 heavy (non-hydrogen) atoms. The molecule has 1 N–H and O–H groups in total. The lowest BCUT2D eigenvalue weighted by Crippen LogP contribution is -2.57. The number of aryl methyl sites for hydroxylation is 2. The number of fused-ring (bicyclic) bond motifs is 4. The first kappa shape index (κ1) is 16.2. The number of benzene rings is 1. The van der Waals surface area contributed by atoms with E-state index in [0.717, 1.165) is 46.0 Å². The Labute approximate surface area is 160 Å². The lowest BCUT2D eigenvalue weighted by molar-refractivity contribution is 0.272. The van der Waals surface area contributed by atoms with E-state index in [9.17, 15) is 0 Å². The predicted octanol–water partition coefficient (Wildman–Crippen LogP) is 3.56. The average molecular weight is 384 g/mol. The van der Waals surface area contributed by atoms with Gasteiger partial charge in [0.25, 0.3) is 0 Å². The van der Waals surface area contributed by atoms with Crippen molar-refractivity contribution in [1.29, 1.82) is 0 Å². The number of nitrogens with zero attached hydrogens (tertiary/aromatic N) is 4. The summed E-state index contributed by atoms with van der Waals surface area (Å²) >= 11 is 7.90. The van der Waals surface area contributed by atoms with E-state index in [2.05, 4.69) is 46.1 Å². The van der Waals surface area contributed by atoms with Gasteiger partial charge < -0.3 is 5.32 Å². The van der Waals surface area contributed by atoms with Gasteiger partial charge in [0.1, 0.15) is 16.4 Å². The third kappa shape index (κ3) is 2.09. The number of aliphatic imine (C=N–C) groups is 1. The van der Waals surface area contributed by atoms with Crippen LogP contribution in [0.2, 0.25) is 5.02 Å². The monoisotopic (exact) mass is 383 g/mol. The van der Waals surface area contributed by atoms with E-state index in [1.807, 2.05) is 19.1 Å². The molecule has 0 bridgehead atoms. The molecule has 2 aliphatic rings. The number of hydrogen-bond acceptors (Lipinski definition) is 5. The van der Waals surface area contributed by atoms with Gasteiger partial charge in [-0.25, -0.2) is 0 Å². The molecule has 1 saturated heterocycles. The van der Waals surface area contributed by atoms with Gasteiger partial charge in [-0.3, -0.25) is 9.56 Å². The van der Waals surface area contributed by atoms with Crippen LogP contribution in [0.3, 0.4) is 0 Å². The Bertz CT molecular complexity index is 1060. The van der Waals surface area contributed by atoms with Crippen molar-refractivity contribution in [3.05, 3.63) is 62.5 Å². The van der Waals surface area contributed by atoms with Crippen molar-refractivity contribution in [1.82, 2.24) is 20.1 Å². The van der Waals surface area contributed by atoms with Crippen molar-refractivity contribution in [3.63, 3.8) is 0 Å². The van der Waals surface area contributed by atoms with Crippen molar-refractivity contribution >= 4 is 28.6 Å². The van der Waals surface area contributed by atoms with Crippen molar-refractivity contribution in [2.45, 2.75) is 26.3 Å². The Balaban J connectivity index is 1.86. The van der Waals surface area contributed by atoms with Crippen LogP contribution in [-0.2, 0) is 5.54 Å². The Morgan fingerprint density at radius 1 is 1.12 bits per heavy atom. The molecule has 0 atom stereocenters. The Morgan fingerprint density at radius 3 is 2.50 bits per heavy atom. The Hall–Kier alpha value is -2.02. The normalized spacial score (nSPS) is 17.3.